The van der Waals surface area contributed by atoms with Gasteiger partial charge in [-0.2, -0.15) is 5.10 Å². The van der Waals surface area contributed by atoms with Gasteiger partial charge in [-0.05, 0) is 18.6 Å². The standard InChI is InChI=1S/C22H21F2N5O2/c1-13-7-8-28(12-20(13)31)22-17(24)10-25-21(26-22)18-9-19(14(2)30)29(27-18)11-15-5-3-4-6-16(15)23/h3-6,9-10,13H,7-8,11-12H2,1-2H3/t13-/m0/s1. The Kier molecular flexibility index (Phi) is 5.58. The summed E-state index contributed by atoms with van der Waals surface area (Å²) < 4.78 is 29.9. The predicted octanol–water partition coefficient (Wildman–Crippen LogP) is 3.28. The fourth-order valence-electron chi connectivity index (χ4n) is 3.54. The van der Waals surface area contributed by atoms with Gasteiger partial charge in [-0.25, -0.2) is 18.7 Å². The van der Waals surface area contributed by atoms with Crippen LogP contribution in [0.1, 0.15) is 36.3 Å². The summed E-state index contributed by atoms with van der Waals surface area (Å²) >= 11 is 0. The molecule has 0 aliphatic carbocycles. The fourth-order valence-corrected chi connectivity index (χ4v) is 3.54. The molecule has 0 spiro atoms. The van der Waals surface area contributed by atoms with Gasteiger partial charge >= 0.3 is 0 Å². The first-order chi connectivity index (χ1) is 14.8. The average Bonchev–Trinajstić information content (AvgIpc) is 3.16. The van der Waals surface area contributed by atoms with Gasteiger partial charge < -0.3 is 4.90 Å². The highest BCUT2D eigenvalue weighted by molar-refractivity contribution is 5.93. The number of aromatic nitrogens is 4. The molecule has 3 heterocycles. The van der Waals surface area contributed by atoms with E-state index in [1.807, 2.05) is 6.92 Å². The molecule has 31 heavy (non-hydrogen) atoms. The molecule has 1 aliphatic heterocycles. The molecule has 0 unspecified atom stereocenters. The van der Waals surface area contributed by atoms with Crippen LogP contribution in [0.15, 0.2) is 36.5 Å². The number of carbonyl (C=O) groups is 2. The molecule has 0 radical (unpaired) electrons. The van der Waals surface area contributed by atoms with Crippen molar-refractivity contribution < 1.29 is 18.4 Å². The van der Waals surface area contributed by atoms with Crippen LogP contribution in [0.5, 0.6) is 0 Å². The Morgan fingerprint density at radius 3 is 2.71 bits per heavy atom. The molecule has 160 valence electrons. The normalized spacial score (nSPS) is 16.6. The molecule has 1 saturated heterocycles. The molecule has 0 bridgehead atoms. The first-order valence-electron chi connectivity index (χ1n) is 9.96. The summed E-state index contributed by atoms with van der Waals surface area (Å²) in [5.74, 6) is -1.18. The van der Waals surface area contributed by atoms with Gasteiger partial charge in [-0.1, -0.05) is 25.1 Å². The molecule has 9 heteroatoms. The zero-order valence-corrected chi connectivity index (χ0v) is 17.2. The number of hydrogen-bond donors (Lipinski definition) is 0. The van der Waals surface area contributed by atoms with Crippen molar-refractivity contribution in [1.82, 2.24) is 19.7 Å². The first kappa shape index (κ1) is 20.8. The van der Waals surface area contributed by atoms with Gasteiger partial charge in [0.15, 0.2) is 29.0 Å². The second-order valence-electron chi connectivity index (χ2n) is 7.66. The Morgan fingerprint density at radius 2 is 2.00 bits per heavy atom. The van der Waals surface area contributed by atoms with E-state index in [-0.39, 0.29) is 53.6 Å². The van der Waals surface area contributed by atoms with Gasteiger partial charge in [-0.3, -0.25) is 14.3 Å². The molecule has 1 aromatic carbocycles. The molecule has 4 rings (SSSR count). The Balaban J connectivity index is 1.69. The number of ketones is 2. The highest BCUT2D eigenvalue weighted by atomic mass is 19.1. The summed E-state index contributed by atoms with van der Waals surface area (Å²) in [4.78, 5) is 34.1. The van der Waals surface area contributed by atoms with Crippen LogP contribution in [0, 0.1) is 17.6 Å². The summed E-state index contributed by atoms with van der Waals surface area (Å²) in [5.41, 5.74) is 0.899. The molecular weight excluding hydrogens is 404 g/mol. The Morgan fingerprint density at radius 1 is 1.23 bits per heavy atom. The van der Waals surface area contributed by atoms with E-state index < -0.39 is 11.6 Å². The molecule has 0 N–H and O–H groups in total. The Bertz CT molecular complexity index is 1160. The summed E-state index contributed by atoms with van der Waals surface area (Å²) in [7, 11) is 0. The number of carbonyl (C=O) groups excluding carboxylic acids is 2. The highest BCUT2D eigenvalue weighted by Crippen LogP contribution is 2.25. The summed E-state index contributed by atoms with van der Waals surface area (Å²) in [6.07, 6.45) is 1.65. The lowest BCUT2D eigenvalue weighted by Crippen LogP contribution is -2.40. The van der Waals surface area contributed by atoms with Gasteiger partial charge in [0.25, 0.3) is 0 Å². The lowest BCUT2D eigenvalue weighted by atomic mass is 9.98. The molecule has 0 saturated carbocycles. The fraction of sp³-hybridized carbons (Fsp3) is 0.318. The zero-order valence-electron chi connectivity index (χ0n) is 17.2. The number of halogens is 2. The molecule has 1 aliphatic rings. The monoisotopic (exact) mass is 425 g/mol. The van der Waals surface area contributed by atoms with Gasteiger partial charge in [0.05, 0.1) is 19.3 Å². The molecular formula is C22H21F2N5O2. The lowest BCUT2D eigenvalue weighted by molar-refractivity contribution is -0.122. The Hall–Kier alpha value is -3.49. The predicted molar refractivity (Wildman–Crippen MR) is 110 cm³/mol. The van der Waals surface area contributed by atoms with Crippen molar-refractivity contribution in [2.75, 3.05) is 18.0 Å². The third kappa shape index (κ3) is 4.21. The number of benzene rings is 1. The number of Topliss-reactive ketones (excluding diaryl/α,β-unsaturated/α-hetero) is 2. The van der Waals surface area contributed by atoms with E-state index in [1.165, 1.54) is 23.7 Å². The van der Waals surface area contributed by atoms with Crippen molar-refractivity contribution in [3.8, 4) is 11.5 Å². The molecule has 0 amide bonds. The van der Waals surface area contributed by atoms with E-state index in [2.05, 4.69) is 15.1 Å². The van der Waals surface area contributed by atoms with Gasteiger partial charge in [0.1, 0.15) is 17.2 Å². The lowest BCUT2D eigenvalue weighted by Gasteiger charge is -2.30. The summed E-state index contributed by atoms with van der Waals surface area (Å²) in [6.45, 7) is 3.87. The second kappa shape index (κ2) is 8.33. The van der Waals surface area contributed by atoms with Crippen LogP contribution in [-0.4, -0.2) is 44.4 Å². The summed E-state index contributed by atoms with van der Waals surface area (Å²) in [5, 5.41) is 4.38. The van der Waals surface area contributed by atoms with Crippen molar-refractivity contribution in [3.63, 3.8) is 0 Å². The van der Waals surface area contributed by atoms with Gasteiger partial charge in [0, 0.05) is 24.9 Å². The minimum atomic E-state index is -0.635. The topological polar surface area (TPSA) is 81.0 Å². The van der Waals surface area contributed by atoms with Crippen LogP contribution in [-0.2, 0) is 11.3 Å². The smallest absolute Gasteiger partial charge is 0.183 e. The minimum absolute atomic E-state index is 0.0262. The molecule has 1 fully saturated rings. The van der Waals surface area contributed by atoms with Crippen molar-refractivity contribution in [2.45, 2.75) is 26.8 Å². The average molecular weight is 425 g/mol. The number of nitrogens with zero attached hydrogens (tertiary/aromatic N) is 5. The van der Waals surface area contributed by atoms with Crippen LogP contribution >= 0.6 is 0 Å². The van der Waals surface area contributed by atoms with Crippen molar-refractivity contribution in [1.29, 1.82) is 0 Å². The molecule has 1 atom stereocenters. The van der Waals surface area contributed by atoms with E-state index in [0.29, 0.717) is 18.5 Å². The molecule has 3 aromatic rings. The quantitative estimate of drug-likeness (QED) is 0.584. The van der Waals surface area contributed by atoms with Crippen molar-refractivity contribution in [3.05, 3.63) is 59.4 Å². The van der Waals surface area contributed by atoms with Gasteiger partial charge in [-0.15, -0.1) is 0 Å². The van der Waals surface area contributed by atoms with Crippen LogP contribution < -0.4 is 4.90 Å². The second-order valence-corrected chi connectivity index (χ2v) is 7.66. The largest absolute Gasteiger partial charge is 0.347 e. The van der Waals surface area contributed by atoms with Crippen LogP contribution in [0.2, 0.25) is 0 Å². The first-order valence-corrected chi connectivity index (χ1v) is 9.96. The third-order valence-electron chi connectivity index (χ3n) is 5.40. The van der Waals surface area contributed by atoms with Crippen LogP contribution in [0.25, 0.3) is 11.5 Å². The number of anilines is 1. The minimum Gasteiger partial charge on any atom is -0.347 e. The Labute approximate surface area is 177 Å². The summed E-state index contributed by atoms with van der Waals surface area (Å²) in [6, 6.07) is 7.74. The highest BCUT2D eigenvalue weighted by Gasteiger charge is 2.27. The number of piperidine rings is 1. The number of rotatable bonds is 5. The van der Waals surface area contributed by atoms with E-state index >= 15 is 0 Å². The SMILES string of the molecule is CC(=O)c1cc(-c2ncc(F)c(N3CC[C@H](C)C(=O)C3)n2)nn1Cc1ccccc1F. The van der Waals surface area contributed by atoms with Gasteiger partial charge in [0.2, 0.25) is 0 Å². The maximum atomic E-state index is 14.4. The van der Waals surface area contributed by atoms with E-state index in [0.717, 1.165) is 6.20 Å². The van der Waals surface area contributed by atoms with Crippen molar-refractivity contribution >= 4 is 17.4 Å². The maximum Gasteiger partial charge on any atom is 0.183 e. The number of hydrogen-bond acceptors (Lipinski definition) is 6. The van der Waals surface area contributed by atoms with E-state index in [4.69, 9.17) is 0 Å². The van der Waals surface area contributed by atoms with Crippen molar-refractivity contribution in [2.24, 2.45) is 5.92 Å². The zero-order chi connectivity index (χ0) is 22.1. The van der Waals surface area contributed by atoms with Crippen LogP contribution in [0.4, 0.5) is 14.6 Å². The van der Waals surface area contributed by atoms with Crippen LogP contribution in [0.3, 0.4) is 0 Å². The molecule has 2 aromatic heterocycles. The maximum absolute atomic E-state index is 14.4. The third-order valence-corrected chi connectivity index (χ3v) is 5.40. The van der Waals surface area contributed by atoms with E-state index in [9.17, 15) is 18.4 Å². The molecule has 7 nitrogen and oxygen atoms in total. The van der Waals surface area contributed by atoms with E-state index in [1.54, 1.807) is 23.1 Å².